The molecule has 1 aromatic heterocycles. The van der Waals surface area contributed by atoms with Crippen LogP contribution in [0.2, 0.25) is 0 Å². The van der Waals surface area contributed by atoms with Gasteiger partial charge in [0, 0.05) is 39.3 Å². The van der Waals surface area contributed by atoms with Crippen molar-refractivity contribution in [3.63, 3.8) is 0 Å². The predicted octanol–water partition coefficient (Wildman–Crippen LogP) is 1.24. The molecule has 0 amide bonds. The molecule has 0 unspecified atom stereocenters. The van der Waals surface area contributed by atoms with Gasteiger partial charge in [-0.3, -0.25) is 0 Å². The minimum atomic E-state index is 0. The number of nitrogens with one attached hydrogen (secondary N) is 1. The van der Waals surface area contributed by atoms with Gasteiger partial charge in [0.1, 0.15) is 0 Å². The largest absolute Gasteiger partial charge is 0.405 e. The molecule has 0 aliphatic carbocycles. The molecule has 0 saturated heterocycles. The second-order valence-corrected chi connectivity index (χ2v) is 2.46. The first kappa shape index (κ1) is 9.14. The number of nitrogens with zero attached hydrogens (tertiary/aromatic N) is 1. The first-order valence-electron chi connectivity index (χ1n) is 3.57. The van der Waals surface area contributed by atoms with Gasteiger partial charge >= 0.3 is 0 Å². The predicted molar refractivity (Wildman–Crippen MR) is 39.9 cm³/mol. The average Bonchev–Trinajstić information content (AvgIpc) is 2.05. The van der Waals surface area contributed by atoms with Gasteiger partial charge in [-0.25, -0.2) is 0 Å². The van der Waals surface area contributed by atoms with Crippen LogP contribution in [0.1, 0.15) is 12.1 Å². The Kier molecular flexibility index (Phi) is 3.47. The molecular weight excluding hydrogens is 213 g/mol. The molecule has 2 heterocycles. The Labute approximate surface area is 91.7 Å². The zero-order chi connectivity index (χ0) is 6.81. The molecule has 0 fully saturated rings. The number of pyridine rings is 1. The van der Waals surface area contributed by atoms with Crippen molar-refractivity contribution in [3.05, 3.63) is 24.0 Å². The number of fused-ring (bicyclic) bond motifs is 1. The van der Waals surface area contributed by atoms with Gasteiger partial charge in [0.25, 0.3) is 0 Å². The summed E-state index contributed by atoms with van der Waals surface area (Å²) in [5.41, 5.74) is 2.35. The van der Waals surface area contributed by atoms with E-state index in [-0.39, 0.29) is 32.7 Å². The van der Waals surface area contributed by atoms with E-state index in [1.165, 1.54) is 12.1 Å². The number of aryl methyl sites for hydroxylation is 1. The van der Waals surface area contributed by atoms with Crippen molar-refractivity contribution in [3.8, 4) is 0 Å². The van der Waals surface area contributed by atoms with Crippen LogP contribution in [-0.2, 0) is 39.1 Å². The Bertz CT molecular complexity index is 212. The van der Waals surface area contributed by atoms with Crippen LogP contribution >= 0.6 is 0 Å². The van der Waals surface area contributed by atoms with Gasteiger partial charge in [-0.1, -0.05) is 18.3 Å². The molecule has 1 aliphatic rings. The smallest absolute Gasteiger partial charge is 0.0120 e. The van der Waals surface area contributed by atoms with E-state index in [0.717, 1.165) is 18.7 Å². The summed E-state index contributed by atoms with van der Waals surface area (Å²) >= 11 is 0. The van der Waals surface area contributed by atoms with Crippen molar-refractivity contribution in [1.29, 1.82) is 0 Å². The number of hydrogen-bond acceptors (Lipinski definition) is 2. The van der Waals surface area contributed by atoms with Crippen LogP contribution in [0.4, 0.5) is 5.69 Å². The first-order valence-corrected chi connectivity index (χ1v) is 3.57. The molecule has 55 valence electrons. The summed E-state index contributed by atoms with van der Waals surface area (Å²) in [6.45, 7) is 1.08. The van der Waals surface area contributed by atoms with E-state index in [1.807, 2.05) is 12.1 Å². The van der Waals surface area contributed by atoms with E-state index < -0.39 is 0 Å². The monoisotopic (exact) mass is 222 g/mol. The van der Waals surface area contributed by atoms with E-state index in [1.54, 1.807) is 0 Å². The fourth-order valence-electron chi connectivity index (χ4n) is 1.22. The molecule has 0 saturated carbocycles. The Morgan fingerprint density at radius 3 is 3.27 bits per heavy atom. The summed E-state index contributed by atoms with van der Waals surface area (Å²) in [5, 5.41) is 3.28. The Morgan fingerprint density at radius 1 is 1.55 bits per heavy atom. The summed E-state index contributed by atoms with van der Waals surface area (Å²) in [6.07, 6.45) is 5.12. The number of rotatable bonds is 0. The van der Waals surface area contributed by atoms with Gasteiger partial charge in [-0.05, 0) is 12.1 Å². The summed E-state index contributed by atoms with van der Waals surface area (Å²) in [5.74, 6) is 0. The molecule has 0 spiro atoms. The van der Waals surface area contributed by atoms with E-state index >= 15 is 0 Å². The Hall–Kier alpha value is 0.0539. The molecular formula is C8H9N2Y-. The standard InChI is InChI=1S/C8H9N2.Y/c1-3-7-8(9-5-1)4-2-6-10-7;/h1,3,10H,2,4,6H2;/q-1;. The van der Waals surface area contributed by atoms with Crippen LogP contribution < -0.4 is 5.32 Å². The third kappa shape index (κ3) is 2.00. The summed E-state index contributed by atoms with van der Waals surface area (Å²) < 4.78 is 0. The Balaban J connectivity index is 0.000000605. The molecule has 1 N–H and O–H groups in total. The van der Waals surface area contributed by atoms with Crippen molar-refractivity contribution in [2.24, 2.45) is 0 Å². The van der Waals surface area contributed by atoms with E-state index in [9.17, 15) is 0 Å². The van der Waals surface area contributed by atoms with Crippen LogP contribution in [0.5, 0.6) is 0 Å². The maximum atomic E-state index is 4.13. The van der Waals surface area contributed by atoms with Gasteiger partial charge in [0.05, 0.1) is 0 Å². The molecule has 0 aromatic carbocycles. The van der Waals surface area contributed by atoms with E-state index in [0.29, 0.717) is 0 Å². The number of hydrogen-bond donors (Lipinski definition) is 1. The minimum absolute atomic E-state index is 0. The van der Waals surface area contributed by atoms with E-state index in [2.05, 4.69) is 16.5 Å². The van der Waals surface area contributed by atoms with Gasteiger partial charge in [-0.2, -0.15) is 6.07 Å². The van der Waals surface area contributed by atoms with Crippen molar-refractivity contribution >= 4 is 5.69 Å². The van der Waals surface area contributed by atoms with Gasteiger partial charge in [0.15, 0.2) is 0 Å². The molecule has 0 bridgehead atoms. The van der Waals surface area contributed by atoms with Crippen molar-refractivity contribution in [1.82, 2.24) is 4.98 Å². The molecule has 11 heavy (non-hydrogen) atoms. The molecule has 2 rings (SSSR count). The second-order valence-electron chi connectivity index (χ2n) is 2.46. The number of anilines is 1. The zero-order valence-corrected chi connectivity index (χ0v) is 9.14. The molecule has 1 aliphatic heterocycles. The topological polar surface area (TPSA) is 24.9 Å². The molecule has 1 radical (unpaired) electrons. The van der Waals surface area contributed by atoms with Gasteiger partial charge < -0.3 is 10.3 Å². The van der Waals surface area contributed by atoms with Crippen LogP contribution in [0.15, 0.2) is 12.1 Å². The van der Waals surface area contributed by atoms with Crippen LogP contribution in [-0.4, -0.2) is 11.5 Å². The SMILES string of the molecule is [Y].[c-]1ccc2c(n1)CCCN2. The quantitative estimate of drug-likeness (QED) is 0.668. The van der Waals surface area contributed by atoms with Crippen molar-refractivity contribution < 1.29 is 32.7 Å². The zero-order valence-electron chi connectivity index (χ0n) is 6.30. The molecule has 2 nitrogen and oxygen atoms in total. The van der Waals surface area contributed by atoms with Crippen molar-refractivity contribution in [2.75, 3.05) is 11.9 Å². The van der Waals surface area contributed by atoms with E-state index in [4.69, 9.17) is 0 Å². The van der Waals surface area contributed by atoms with Crippen molar-refractivity contribution in [2.45, 2.75) is 12.8 Å². The molecule has 1 aromatic rings. The average molecular weight is 222 g/mol. The van der Waals surface area contributed by atoms with Crippen LogP contribution in [0.3, 0.4) is 0 Å². The second kappa shape index (κ2) is 4.17. The molecule has 3 heteroatoms. The summed E-state index contributed by atoms with van der Waals surface area (Å²) in [6, 6.07) is 3.87. The van der Waals surface area contributed by atoms with Crippen LogP contribution in [0.25, 0.3) is 0 Å². The number of aromatic nitrogens is 1. The molecule has 0 atom stereocenters. The minimum Gasteiger partial charge on any atom is -0.405 e. The Morgan fingerprint density at radius 2 is 2.45 bits per heavy atom. The maximum Gasteiger partial charge on any atom is 0.0120 e. The third-order valence-electron chi connectivity index (χ3n) is 1.74. The summed E-state index contributed by atoms with van der Waals surface area (Å²) in [7, 11) is 0. The maximum absolute atomic E-state index is 4.13. The third-order valence-corrected chi connectivity index (χ3v) is 1.74. The van der Waals surface area contributed by atoms with Gasteiger partial charge in [-0.15, -0.1) is 6.07 Å². The first-order chi connectivity index (χ1) is 4.97. The normalized spacial score (nSPS) is 14.2. The van der Waals surface area contributed by atoms with Gasteiger partial charge in [0.2, 0.25) is 0 Å². The fraction of sp³-hybridized carbons (Fsp3) is 0.375. The fourth-order valence-corrected chi connectivity index (χ4v) is 1.22. The summed E-state index contributed by atoms with van der Waals surface area (Å²) in [4.78, 5) is 4.13. The van der Waals surface area contributed by atoms with Crippen LogP contribution in [0, 0.1) is 6.20 Å².